The lowest BCUT2D eigenvalue weighted by Gasteiger charge is -2.11. The van der Waals surface area contributed by atoms with Crippen molar-refractivity contribution in [2.24, 2.45) is 0 Å². The van der Waals surface area contributed by atoms with Crippen LogP contribution in [0.3, 0.4) is 0 Å². The molecule has 2 rings (SSSR count). The van der Waals surface area contributed by atoms with Crippen molar-refractivity contribution >= 4 is 5.78 Å². The highest BCUT2D eigenvalue weighted by molar-refractivity contribution is 6.01. The smallest absolute Gasteiger partial charge is 0.318 e. The minimum Gasteiger partial charge on any atom is -0.318 e. The maximum Gasteiger partial charge on any atom is 0.454 e. The number of aryl methyl sites for hydroxylation is 2. The number of rotatable bonds is 2. The van der Waals surface area contributed by atoms with Crippen LogP contribution in [-0.2, 0) is 0 Å². The van der Waals surface area contributed by atoms with Crippen LogP contribution >= 0.6 is 0 Å². The van der Waals surface area contributed by atoms with Gasteiger partial charge in [-0.15, -0.1) is 0 Å². The van der Waals surface area contributed by atoms with Crippen LogP contribution in [0.4, 0.5) is 13.2 Å². The zero-order valence-corrected chi connectivity index (χ0v) is 11.4. The van der Waals surface area contributed by atoms with Crippen LogP contribution in [0.2, 0.25) is 0 Å². The minimum absolute atomic E-state index is 0.295. The first-order chi connectivity index (χ1) is 9.21. The quantitative estimate of drug-likeness (QED) is 0.758. The van der Waals surface area contributed by atoms with Gasteiger partial charge in [0.15, 0.2) is 0 Å². The number of carbonyl (C=O) groups is 1. The summed E-state index contributed by atoms with van der Waals surface area (Å²) in [6.45, 7) is 5.11. The molecule has 0 N–H and O–H groups in total. The zero-order valence-electron chi connectivity index (χ0n) is 11.4. The predicted octanol–water partition coefficient (Wildman–Crippen LogP) is 4.15. The fourth-order valence-electron chi connectivity index (χ4n) is 2.31. The number of hydrogen-bond donors (Lipinski definition) is 0. The molecule has 106 valence electrons. The summed E-state index contributed by atoms with van der Waals surface area (Å²) in [5.41, 5.74) is 2.35. The van der Waals surface area contributed by atoms with Crippen molar-refractivity contribution in [3.05, 3.63) is 52.8 Å². The lowest BCUT2D eigenvalue weighted by Crippen LogP contribution is -2.23. The summed E-state index contributed by atoms with van der Waals surface area (Å²) in [4.78, 5) is 11.4. The highest BCUT2D eigenvalue weighted by Gasteiger charge is 2.41. The van der Waals surface area contributed by atoms with E-state index < -0.39 is 12.0 Å². The molecule has 1 aromatic carbocycles. The van der Waals surface area contributed by atoms with Gasteiger partial charge in [-0.3, -0.25) is 4.79 Å². The van der Waals surface area contributed by atoms with E-state index >= 15 is 0 Å². The maximum absolute atomic E-state index is 12.6. The molecule has 0 aliphatic carbocycles. The Balaban J connectivity index is 2.58. The lowest BCUT2D eigenvalue weighted by molar-refractivity contribution is -0.0885. The molecule has 0 unspecified atom stereocenters. The predicted molar refractivity (Wildman–Crippen MR) is 70.4 cm³/mol. The number of benzene rings is 1. The number of halogens is 3. The van der Waals surface area contributed by atoms with Crippen molar-refractivity contribution in [3.63, 3.8) is 0 Å². The van der Waals surface area contributed by atoms with Gasteiger partial charge in [-0.25, -0.2) is 0 Å². The standard InChI is InChI=1S/C15H14F3NO/c1-9-5-4-6-12(7-9)19-10(2)8-13(11(19)3)14(20)15(16,17)18/h4-8H,1-3H3. The van der Waals surface area contributed by atoms with Gasteiger partial charge in [0.25, 0.3) is 5.78 Å². The summed E-state index contributed by atoms with van der Waals surface area (Å²) in [6.07, 6.45) is -4.85. The number of aromatic nitrogens is 1. The molecule has 0 bridgehead atoms. The highest BCUT2D eigenvalue weighted by Crippen LogP contribution is 2.27. The molecule has 2 aromatic rings. The largest absolute Gasteiger partial charge is 0.454 e. The number of hydrogen-bond acceptors (Lipinski definition) is 1. The summed E-state index contributed by atoms with van der Waals surface area (Å²) >= 11 is 0. The molecule has 20 heavy (non-hydrogen) atoms. The molecule has 0 aliphatic rings. The normalized spacial score (nSPS) is 11.7. The van der Waals surface area contributed by atoms with Crippen LogP contribution in [0.5, 0.6) is 0 Å². The molecule has 0 spiro atoms. The van der Waals surface area contributed by atoms with Crippen LogP contribution in [0.1, 0.15) is 27.3 Å². The van der Waals surface area contributed by atoms with Gasteiger partial charge in [0, 0.05) is 22.6 Å². The molecule has 0 aliphatic heterocycles. The minimum atomic E-state index is -4.85. The van der Waals surface area contributed by atoms with E-state index in [9.17, 15) is 18.0 Å². The second-order valence-electron chi connectivity index (χ2n) is 4.79. The fourth-order valence-corrected chi connectivity index (χ4v) is 2.31. The topological polar surface area (TPSA) is 22.0 Å². The Morgan fingerprint density at radius 3 is 2.30 bits per heavy atom. The van der Waals surface area contributed by atoms with E-state index in [1.807, 2.05) is 25.1 Å². The third-order valence-electron chi connectivity index (χ3n) is 3.19. The summed E-state index contributed by atoms with van der Waals surface area (Å²) in [6, 6.07) is 8.68. The number of carbonyl (C=O) groups excluding carboxylic acids is 1. The van der Waals surface area contributed by atoms with Gasteiger partial charge in [-0.05, 0) is 44.5 Å². The van der Waals surface area contributed by atoms with E-state index in [1.165, 1.54) is 13.0 Å². The van der Waals surface area contributed by atoms with Crippen LogP contribution in [0.25, 0.3) is 5.69 Å². The van der Waals surface area contributed by atoms with Gasteiger partial charge in [0.05, 0.1) is 0 Å². The Bertz CT molecular complexity index is 668. The summed E-state index contributed by atoms with van der Waals surface area (Å²) in [5, 5.41) is 0. The van der Waals surface area contributed by atoms with Gasteiger partial charge in [0.1, 0.15) is 0 Å². The second kappa shape index (κ2) is 4.81. The van der Waals surface area contributed by atoms with Crippen LogP contribution in [0.15, 0.2) is 30.3 Å². The SMILES string of the molecule is Cc1cccc(-n2c(C)cc(C(=O)C(F)(F)F)c2C)c1. The third kappa shape index (κ3) is 2.48. The van der Waals surface area contributed by atoms with Crippen molar-refractivity contribution in [1.29, 1.82) is 0 Å². The van der Waals surface area contributed by atoms with Gasteiger partial charge in [0.2, 0.25) is 0 Å². The van der Waals surface area contributed by atoms with E-state index in [4.69, 9.17) is 0 Å². The molecule has 2 nitrogen and oxygen atoms in total. The molecule has 0 fully saturated rings. The fraction of sp³-hybridized carbons (Fsp3) is 0.267. The first-order valence-corrected chi connectivity index (χ1v) is 6.09. The van der Waals surface area contributed by atoms with Crippen LogP contribution in [-0.4, -0.2) is 16.5 Å². The molecule has 0 amide bonds. The zero-order chi connectivity index (χ0) is 15.1. The highest BCUT2D eigenvalue weighted by atomic mass is 19.4. The molecule has 5 heteroatoms. The molecule has 1 aromatic heterocycles. The van der Waals surface area contributed by atoms with Crippen molar-refractivity contribution in [2.75, 3.05) is 0 Å². The molecular weight excluding hydrogens is 267 g/mol. The van der Waals surface area contributed by atoms with Crippen molar-refractivity contribution in [3.8, 4) is 5.69 Å². The van der Waals surface area contributed by atoms with Crippen molar-refractivity contribution in [1.82, 2.24) is 4.57 Å². The Kier molecular flexibility index (Phi) is 3.46. The molecule has 1 heterocycles. The van der Waals surface area contributed by atoms with Crippen LogP contribution in [0, 0.1) is 20.8 Å². The summed E-state index contributed by atoms with van der Waals surface area (Å²) in [5.74, 6) is -1.80. The third-order valence-corrected chi connectivity index (χ3v) is 3.19. The van der Waals surface area contributed by atoms with Gasteiger partial charge in [-0.1, -0.05) is 12.1 Å². The lowest BCUT2D eigenvalue weighted by atomic mass is 10.1. The molecule has 0 saturated carbocycles. The Hall–Kier alpha value is -2.04. The van der Waals surface area contributed by atoms with Gasteiger partial charge >= 0.3 is 6.18 Å². The van der Waals surface area contributed by atoms with E-state index in [-0.39, 0.29) is 5.56 Å². The Morgan fingerprint density at radius 2 is 1.75 bits per heavy atom. The number of Topliss-reactive ketones (excluding diaryl/α,β-unsaturated/α-hetero) is 1. The van der Waals surface area contributed by atoms with Crippen molar-refractivity contribution in [2.45, 2.75) is 26.9 Å². The molecule has 0 saturated heterocycles. The van der Waals surface area contributed by atoms with Gasteiger partial charge in [-0.2, -0.15) is 13.2 Å². The number of nitrogens with zero attached hydrogens (tertiary/aromatic N) is 1. The van der Waals surface area contributed by atoms with E-state index in [2.05, 4.69) is 0 Å². The summed E-state index contributed by atoms with van der Waals surface area (Å²) < 4.78 is 39.3. The van der Waals surface area contributed by atoms with E-state index in [0.29, 0.717) is 11.4 Å². The molecule has 0 radical (unpaired) electrons. The first kappa shape index (κ1) is 14.4. The average Bonchev–Trinajstić information content (AvgIpc) is 2.62. The van der Waals surface area contributed by atoms with E-state index in [0.717, 1.165) is 11.3 Å². The van der Waals surface area contributed by atoms with Crippen molar-refractivity contribution < 1.29 is 18.0 Å². The van der Waals surface area contributed by atoms with Gasteiger partial charge < -0.3 is 4.57 Å². The number of alkyl halides is 3. The first-order valence-electron chi connectivity index (χ1n) is 6.09. The summed E-state index contributed by atoms with van der Waals surface area (Å²) in [7, 11) is 0. The Labute approximate surface area is 114 Å². The second-order valence-corrected chi connectivity index (χ2v) is 4.79. The average molecular weight is 281 g/mol. The molecular formula is C15H14F3NO. The van der Waals surface area contributed by atoms with E-state index in [1.54, 1.807) is 17.6 Å². The maximum atomic E-state index is 12.6. The monoisotopic (exact) mass is 281 g/mol. The number of ketones is 1. The van der Waals surface area contributed by atoms with Crippen LogP contribution < -0.4 is 0 Å². The molecule has 0 atom stereocenters. The Morgan fingerprint density at radius 1 is 1.10 bits per heavy atom.